The molecule has 0 atom stereocenters. The van der Waals surface area contributed by atoms with Crippen LogP contribution in [0.4, 0.5) is 0 Å². The molecule has 2 fully saturated rings. The van der Waals surface area contributed by atoms with Crippen molar-refractivity contribution in [2.75, 3.05) is 46.3 Å². The van der Waals surface area contributed by atoms with E-state index in [0.717, 1.165) is 25.9 Å². The van der Waals surface area contributed by atoms with E-state index in [1.165, 1.54) is 63.0 Å². The van der Waals surface area contributed by atoms with Crippen LogP contribution in [0.2, 0.25) is 0 Å². The number of nitrogens with one attached hydrogen (secondary N) is 1. The van der Waals surface area contributed by atoms with Crippen LogP contribution in [0.25, 0.3) is 0 Å². The molecular weight excluding hydrogens is 508 g/mol. The van der Waals surface area contributed by atoms with Gasteiger partial charge >= 0.3 is 0 Å². The predicted molar refractivity (Wildman–Crippen MR) is 173 cm³/mol. The number of phenolic OH excluding ortho intramolecular Hbond substituents is 2. The molecule has 0 radical (unpaired) electrons. The van der Waals surface area contributed by atoms with Crippen molar-refractivity contribution in [2.24, 2.45) is 0 Å². The monoisotopic (exact) mass is 566 g/mol. The zero-order chi connectivity index (χ0) is 30.0. The van der Waals surface area contributed by atoms with Crippen LogP contribution in [0, 0.1) is 0 Å². The van der Waals surface area contributed by atoms with Gasteiger partial charge in [0.05, 0.1) is 0 Å². The lowest BCUT2D eigenvalue weighted by molar-refractivity contribution is 0.0659. The number of phenols is 2. The number of likely N-dealkylation sites (tertiary alicyclic amines) is 2. The van der Waals surface area contributed by atoms with Crippen molar-refractivity contribution < 1.29 is 10.2 Å². The van der Waals surface area contributed by atoms with E-state index in [1.807, 2.05) is 24.3 Å². The van der Waals surface area contributed by atoms with Crippen molar-refractivity contribution in [3.63, 3.8) is 0 Å². The molecule has 2 aromatic rings. The van der Waals surface area contributed by atoms with Crippen LogP contribution in [-0.4, -0.2) is 94.4 Å². The van der Waals surface area contributed by atoms with E-state index in [4.69, 9.17) is 0 Å². The minimum Gasteiger partial charge on any atom is -0.508 e. The van der Waals surface area contributed by atoms with Crippen LogP contribution in [0.15, 0.2) is 48.5 Å². The van der Waals surface area contributed by atoms with Gasteiger partial charge in [0.15, 0.2) is 0 Å². The number of likely N-dealkylation sites (N-methyl/N-ethyl adjacent to an activating group) is 1. The smallest absolute Gasteiger partial charge is 0.115 e. The third-order valence-corrected chi connectivity index (χ3v) is 8.95. The van der Waals surface area contributed by atoms with Crippen molar-refractivity contribution in [2.45, 2.75) is 103 Å². The molecule has 2 aliphatic rings. The Hall–Kier alpha value is -2.12. The Balaban J connectivity index is 0.000000226. The molecule has 6 nitrogen and oxygen atoms in total. The molecule has 230 valence electrons. The maximum absolute atomic E-state index is 9.31. The van der Waals surface area contributed by atoms with E-state index in [1.54, 1.807) is 24.3 Å². The lowest BCUT2D eigenvalue weighted by Crippen LogP contribution is -2.50. The molecule has 0 spiro atoms. The Morgan fingerprint density at radius 1 is 0.683 bits per heavy atom. The summed E-state index contributed by atoms with van der Waals surface area (Å²) in [6.45, 7) is 20.7. The molecule has 0 unspecified atom stereocenters. The van der Waals surface area contributed by atoms with Gasteiger partial charge in [-0.2, -0.15) is 0 Å². The van der Waals surface area contributed by atoms with Gasteiger partial charge in [0.25, 0.3) is 0 Å². The van der Waals surface area contributed by atoms with E-state index in [9.17, 15) is 10.2 Å². The number of hydrogen-bond donors (Lipinski definition) is 3. The molecule has 0 aromatic heterocycles. The second-order valence-corrected chi connectivity index (χ2v) is 14.1. The first-order chi connectivity index (χ1) is 19.3. The van der Waals surface area contributed by atoms with Gasteiger partial charge in [0.1, 0.15) is 11.5 Å². The molecule has 6 heteroatoms. The Kier molecular flexibility index (Phi) is 12.5. The highest BCUT2D eigenvalue weighted by Gasteiger charge is 2.28. The zero-order valence-corrected chi connectivity index (χ0v) is 27.0. The normalized spacial score (nSPS) is 18.3. The lowest BCUT2D eigenvalue weighted by atomic mass is 9.97. The van der Waals surface area contributed by atoms with E-state index in [-0.39, 0.29) is 0 Å². The minimum absolute atomic E-state index is 0.301. The second kappa shape index (κ2) is 15.4. The predicted octanol–water partition coefficient (Wildman–Crippen LogP) is 5.92. The summed E-state index contributed by atoms with van der Waals surface area (Å²) in [4.78, 5) is 7.68. The van der Waals surface area contributed by atoms with Crippen molar-refractivity contribution in [1.82, 2.24) is 20.0 Å². The SMILES string of the molecule is CC(C)(C)N1CCC(NCCc2ccc(O)cc2)CC1.CN(CCc1ccc(O)cc1)C1CCN(C(C)(C)C)CC1. The Labute approximate surface area is 250 Å². The van der Waals surface area contributed by atoms with Crippen molar-refractivity contribution in [3.8, 4) is 11.5 Å². The number of benzene rings is 2. The molecule has 0 amide bonds. The van der Waals surface area contributed by atoms with E-state index in [2.05, 4.69) is 68.6 Å². The fraction of sp³-hybridized carbons (Fsp3) is 0.657. The van der Waals surface area contributed by atoms with Crippen molar-refractivity contribution in [1.29, 1.82) is 0 Å². The molecule has 2 aromatic carbocycles. The van der Waals surface area contributed by atoms with E-state index < -0.39 is 0 Å². The summed E-state index contributed by atoms with van der Waals surface area (Å²) in [5.41, 5.74) is 3.18. The van der Waals surface area contributed by atoms with Gasteiger partial charge < -0.3 is 20.4 Å². The maximum atomic E-state index is 9.31. The largest absolute Gasteiger partial charge is 0.508 e. The third-order valence-electron chi connectivity index (χ3n) is 8.95. The van der Waals surface area contributed by atoms with E-state index in [0.29, 0.717) is 34.7 Å². The van der Waals surface area contributed by atoms with Crippen LogP contribution in [0.1, 0.15) is 78.4 Å². The molecule has 2 aliphatic heterocycles. The minimum atomic E-state index is 0.301. The molecule has 4 rings (SSSR count). The van der Waals surface area contributed by atoms with E-state index >= 15 is 0 Å². The molecule has 0 aliphatic carbocycles. The number of aromatic hydroxyl groups is 2. The number of rotatable bonds is 8. The van der Waals surface area contributed by atoms with Gasteiger partial charge in [0.2, 0.25) is 0 Å². The zero-order valence-electron chi connectivity index (χ0n) is 27.0. The van der Waals surface area contributed by atoms with Crippen molar-refractivity contribution >= 4 is 0 Å². The second-order valence-electron chi connectivity index (χ2n) is 14.1. The third kappa shape index (κ3) is 11.6. The molecule has 41 heavy (non-hydrogen) atoms. The highest BCUT2D eigenvalue weighted by atomic mass is 16.3. The Morgan fingerprint density at radius 3 is 1.54 bits per heavy atom. The summed E-state index contributed by atoms with van der Waals surface area (Å²) in [6.07, 6.45) is 7.10. The lowest BCUT2D eigenvalue weighted by Gasteiger charge is -2.43. The van der Waals surface area contributed by atoms with Gasteiger partial charge in [0, 0.05) is 55.9 Å². The van der Waals surface area contributed by atoms with Gasteiger partial charge in [-0.3, -0.25) is 9.80 Å². The van der Waals surface area contributed by atoms with Crippen LogP contribution in [0.3, 0.4) is 0 Å². The van der Waals surface area contributed by atoms with Crippen LogP contribution in [0.5, 0.6) is 11.5 Å². The average molecular weight is 567 g/mol. The fourth-order valence-electron chi connectivity index (χ4n) is 5.97. The standard InChI is InChI=1S/C18H30N2O.C17H28N2O/c1-18(2,3)20-13-10-16(11-14-20)19(4)12-9-15-5-7-17(21)8-6-15;1-17(2,3)19-12-9-15(10-13-19)18-11-8-14-4-6-16(20)7-5-14/h5-8,16,21H,9-14H2,1-4H3;4-7,15,18,20H,8-13H2,1-3H3. The summed E-state index contributed by atoms with van der Waals surface area (Å²) in [7, 11) is 2.25. The van der Waals surface area contributed by atoms with Gasteiger partial charge in [-0.05, 0) is 129 Å². The van der Waals surface area contributed by atoms with Crippen LogP contribution in [-0.2, 0) is 12.8 Å². The molecule has 3 N–H and O–H groups in total. The van der Waals surface area contributed by atoms with Gasteiger partial charge in [-0.25, -0.2) is 0 Å². The number of nitrogens with zero attached hydrogens (tertiary/aromatic N) is 3. The average Bonchev–Trinajstić information content (AvgIpc) is 2.93. The van der Waals surface area contributed by atoms with Crippen LogP contribution < -0.4 is 5.32 Å². The molecule has 0 saturated carbocycles. The van der Waals surface area contributed by atoms with Gasteiger partial charge in [-0.15, -0.1) is 0 Å². The Bertz CT molecular complexity index is 994. The number of hydrogen-bond acceptors (Lipinski definition) is 6. The Morgan fingerprint density at radius 2 is 1.10 bits per heavy atom. The summed E-state index contributed by atoms with van der Waals surface area (Å²) in [5, 5.41) is 22.2. The van der Waals surface area contributed by atoms with Crippen molar-refractivity contribution in [3.05, 3.63) is 59.7 Å². The first-order valence-corrected chi connectivity index (χ1v) is 15.8. The first-order valence-electron chi connectivity index (χ1n) is 15.8. The maximum Gasteiger partial charge on any atom is 0.115 e. The molecular formula is C35H58N4O2. The number of piperidine rings is 2. The summed E-state index contributed by atoms with van der Waals surface area (Å²) >= 11 is 0. The molecule has 2 heterocycles. The first kappa shape index (κ1) is 33.4. The van der Waals surface area contributed by atoms with Gasteiger partial charge in [-0.1, -0.05) is 24.3 Å². The fourth-order valence-corrected chi connectivity index (χ4v) is 5.97. The highest BCUT2D eigenvalue weighted by Crippen LogP contribution is 2.23. The quantitative estimate of drug-likeness (QED) is 0.369. The molecule has 0 bridgehead atoms. The van der Waals surface area contributed by atoms with Crippen LogP contribution >= 0.6 is 0 Å². The topological polar surface area (TPSA) is 62.2 Å². The highest BCUT2D eigenvalue weighted by molar-refractivity contribution is 5.26. The summed E-state index contributed by atoms with van der Waals surface area (Å²) in [6, 6.07) is 16.5. The summed E-state index contributed by atoms with van der Waals surface area (Å²) < 4.78 is 0. The summed E-state index contributed by atoms with van der Waals surface area (Å²) in [5.74, 6) is 0.693. The molecule has 2 saturated heterocycles.